The molecule has 1 aliphatic carbocycles. The number of hydrogen-bond donors (Lipinski definition) is 0. The lowest BCUT2D eigenvalue weighted by Crippen LogP contribution is -2.54. The van der Waals surface area contributed by atoms with Crippen LogP contribution in [-0.4, -0.2) is 24.6 Å². The Morgan fingerprint density at radius 1 is 1.31 bits per heavy atom. The summed E-state index contributed by atoms with van der Waals surface area (Å²) in [7, 11) is 0. The third-order valence-electron chi connectivity index (χ3n) is 3.72. The van der Waals surface area contributed by atoms with Gasteiger partial charge in [-0.25, -0.2) is 0 Å². The van der Waals surface area contributed by atoms with Gasteiger partial charge in [0.15, 0.2) is 0 Å². The summed E-state index contributed by atoms with van der Waals surface area (Å²) in [6, 6.07) is 0. The van der Waals surface area contributed by atoms with Crippen molar-refractivity contribution in [3.8, 4) is 0 Å². The second-order valence-corrected chi connectivity index (χ2v) is 4.72. The molecule has 1 saturated carbocycles. The van der Waals surface area contributed by atoms with E-state index in [1.165, 1.54) is 0 Å². The zero-order chi connectivity index (χ0) is 11.8. The van der Waals surface area contributed by atoms with Crippen LogP contribution in [0.3, 0.4) is 0 Å². The fraction of sp³-hybridized carbons (Fsp3) is 0.818. The Bertz CT molecular complexity index is 309. The van der Waals surface area contributed by atoms with Crippen LogP contribution in [0, 0.1) is 11.3 Å². The van der Waals surface area contributed by atoms with Crippen LogP contribution in [0.2, 0.25) is 0 Å². The SMILES string of the molecule is O=C([O-])C1CCCCC1(CC1CO1)C(=O)[O-]. The molecule has 16 heavy (non-hydrogen) atoms. The topological polar surface area (TPSA) is 92.8 Å². The number of rotatable bonds is 4. The Kier molecular flexibility index (Phi) is 2.88. The smallest absolute Gasteiger partial charge is 0.0819 e. The minimum absolute atomic E-state index is 0.113. The number of epoxide rings is 1. The number of aliphatic carboxylic acids is 2. The van der Waals surface area contributed by atoms with Crippen LogP contribution in [0.25, 0.3) is 0 Å². The number of carboxylic acid groups (broad SMARTS) is 2. The molecule has 0 amide bonds. The second-order valence-electron chi connectivity index (χ2n) is 4.72. The molecule has 3 atom stereocenters. The molecular formula is C11H14O5-2. The molecule has 0 aromatic rings. The molecule has 3 unspecified atom stereocenters. The van der Waals surface area contributed by atoms with Crippen LogP contribution in [-0.2, 0) is 14.3 Å². The van der Waals surface area contributed by atoms with Gasteiger partial charge in [0.05, 0.1) is 12.7 Å². The van der Waals surface area contributed by atoms with Gasteiger partial charge >= 0.3 is 0 Å². The van der Waals surface area contributed by atoms with Crippen molar-refractivity contribution in [1.82, 2.24) is 0 Å². The standard InChI is InChI=1S/C11H16O5/c12-9(13)8-3-1-2-4-11(8,10(14)15)5-7-6-16-7/h7-8H,1-6H2,(H,12,13)(H,14,15)/p-2. The Morgan fingerprint density at radius 3 is 2.50 bits per heavy atom. The van der Waals surface area contributed by atoms with E-state index >= 15 is 0 Å². The summed E-state index contributed by atoms with van der Waals surface area (Å²) in [6.07, 6.45) is 2.31. The van der Waals surface area contributed by atoms with Gasteiger partial charge in [0.1, 0.15) is 0 Å². The third kappa shape index (κ3) is 1.91. The molecule has 5 heteroatoms. The Balaban J connectivity index is 2.24. The molecule has 1 heterocycles. The molecule has 0 radical (unpaired) electrons. The van der Waals surface area contributed by atoms with Crippen LogP contribution < -0.4 is 10.2 Å². The molecule has 1 saturated heterocycles. The molecular weight excluding hydrogens is 212 g/mol. The van der Waals surface area contributed by atoms with Crippen molar-refractivity contribution in [2.75, 3.05) is 6.61 Å². The highest BCUT2D eigenvalue weighted by molar-refractivity contribution is 5.81. The molecule has 0 bridgehead atoms. The minimum Gasteiger partial charge on any atom is -0.550 e. The second kappa shape index (κ2) is 4.05. The first-order valence-electron chi connectivity index (χ1n) is 5.60. The summed E-state index contributed by atoms with van der Waals surface area (Å²) in [4.78, 5) is 22.3. The molecule has 90 valence electrons. The van der Waals surface area contributed by atoms with Gasteiger partial charge in [-0.2, -0.15) is 0 Å². The molecule has 1 aliphatic heterocycles. The van der Waals surface area contributed by atoms with Crippen molar-refractivity contribution in [1.29, 1.82) is 0 Å². The number of ether oxygens (including phenoxy) is 1. The van der Waals surface area contributed by atoms with Gasteiger partial charge in [0, 0.05) is 23.3 Å². The summed E-state index contributed by atoms with van der Waals surface area (Å²) >= 11 is 0. The quantitative estimate of drug-likeness (QED) is 0.541. The molecule has 2 aliphatic rings. The first-order valence-corrected chi connectivity index (χ1v) is 5.60. The van der Waals surface area contributed by atoms with E-state index in [-0.39, 0.29) is 12.5 Å². The van der Waals surface area contributed by atoms with Crippen molar-refractivity contribution < 1.29 is 24.5 Å². The fourth-order valence-corrected chi connectivity index (χ4v) is 2.75. The fourth-order valence-electron chi connectivity index (χ4n) is 2.75. The van der Waals surface area contributed by atoms with Crippen LogP contribution >= 0.6 is 0 Å². The minimum atomic E-state index is -1.28. The summed E-state index contributed by atoms with van der Waals surface area (Å²) < 4.78 is 5.01. The Hall–Kier alpha value is -1.10. The zero-order valence-corrected chi connectivity index (χ0v) is 8.94. The van der Waals surface area contributed by atoms with Gasteiger partial charge in [0.25, 0.3) is 0 Å². The van der Waals surface area contributed by atoms with Gasteiger partial charge in [-0.3, -0.25) is 0 Å². The van der Waals surface area contributed by atoms with Crippen LogP contribution in [0.15, 0.2) is 0 Å². The normalized spacial score (nSPS) is 38.0. The van der Waals surface area contributed by atoms with Crippen LogP contribution in [0.4, 0.5) is 0 Å². The largest absolute Gasteiger partial charge is 0.550 e. The molecule has 0 N–H and O–H groups in total. The molecule has 5 nitrogen and oxygen atoms in total. The van der Waals surface area contributed by atoms with E-state index in [1.54, 1.807) is 0 Å². The highest BCUT2D eigenvalue weighted by Gasteiger charge is 2.46. The van der Waals surface area contributed by atoms with Crippen molar-refractivity contribution >= 4 is 11.9 Å². The van der Waals surface area contributed by atoms with Crippen molar-refractivity contribution in [2.24, 2.45) is 11.3 Å². The Morgan fingerprint density at radius 2 is 2.00 bits per heavy atom. The van der Waals surface area contributed by atoms with Crippen LogP contribution in [0.5, 0.6) is 0 Å². The number of carbonyl (C=O) groups is 2. The first-order chi connectivity index (χ1) is 7.56. The van der Waals surface area contributed by atoms with Gasteiger partial charge in [0.2, 0.25) is 0 Å². The van der Waals surface area contributed by atoms with E-state index in [9.17, 15) is 19.8 Å². The van der Waals surface area contributed by atoms with Crippen LogP contribution in [0.1, 0.15) is 32.1 Å². The molecule has 0 aromatic carbocycles. The first kappa shape index (κ1) is 11.4. The Labute approximate surface area is 93.4 Å². The van der Waals surface area contributed by atoms with E-state index < -0.39 is 23.3 Å². The van der Waals surface area contributed by atoms with E-state index in [2.05, 4.69) is 0 Å². The van der Waals surface area contributed by atoms with Crippen molar-refractivity contribution in [3.63, 3.8) is 0 Å². The zero-order valence-electron chi connectivity index (χ0n) is 8.94. The molecule has 0 spiro atoms. The van der Waals surface area contributed by atoms with Gasteiger partial charge in [-0.1, -0.05) is 12.8 Å². The summed E-state index contributed by atoms with van der Waals surface area (Å²) in [5, 5.41) is 22.3. The summed E-state index contributed by atoms with van der Waals surface area (Å²) in [6.45, 7) is 0.523. The maximum Gasteiger partial charge on any atom is 0.0819 e. The van der Waals surface area contributed by atoms with Crippen molar-refractivity contribution in [3.05, 3.63) is 0 Å². The lowest BCUT2D eigenvalue weighted by molar-refractivity contribution is -0.338. The molecule has 0 aromatic heterocycles. The highest BCUT2D eigenvalue weighted by atomic mass is 16.6. The number of hydrogen-bond acceptors (Lipinski definition) is 5. The molecule has 2 rings (SSSR count). The highest BCUT2D eigenvalue weighted by Crippen LogP contribution is 2.46. The van der Waals surface area contributed by atoms with E-state index in [1.807, 2.05) is 0 Å². The van der Waals surface area contributed by atoms with E-state index in [4.69, 9.17) is 4.74 Å². The summed E-state index contributed by atoms with van der Waals surface area (Å²) in [5.74, 6) is -3.48. The average molecular weight is 226 g/mol. The van der Waals surface area contributed by atoms with E-state index in [0.717, 1.165) is 12.8 Å². The third-order valence-corrected chi connectivity index (χ3v) is 3.72. The predicted molar refractivity (Wildman–Crippen MR) is 48.8 cm³/mol. The maximum absolute atomic E-state index is 11.3. The van der Waals surface area contributed by atoms with E-state index in [0.29, 0.717) is 19.4 Å². The lowest BCUT2D eigenvalue weighted by atomic mass is 9.64. The number of carbonyl (C=O) groups excluding carboxylic acids is 2. The summed E-state index contributed by atoms with van der Waals surface area (Å²) in [5.41, 5.74) is -1.28. The van der Waals surface area contributed by atoms with Gasteiger partial charge in [-0.05, 0) is 19.3 Å². The average Bonchev–Trinajstić information content (AvgIpc) is 3.01. The molecule has 2 fully saturated rings. The lowest BCUT2D eigenvalue weighted by Gasteiger charge is -2.45. The number of carboxylic acids is 2. The predicted octanol–water partition coefficient (Wildman–Crippen LogP) is -1.55. The monoisotopic (exact) mass is 226 g/mol. The van der Waals surface area contributed by atoms with Gasteiger partial charge in [-0.15, -0.1) is 0 Å². The maximum atomic E-state index is 11.3. The van der Waals surface area contributed by atoms with Gasteiger partial charge < -0.3 is 24.5 Å². The van der Waals surface area contributed by atoms with Crippen molar-refractivity contribution in [2.45, 2.75) is 38.2 Å².